The van der Waals surface area contributed by atoms with Crippen LogP contribution in [0.5, 0.6) is 5.88 Å². The molecule has 0 radical (unpaired) electrons. The summed E-state index contributed by atoms with van der Waals surface area (Å²) in [6.07, 6.45) is 9.62. The highest BCUT2D eigenvalue weighted by Gasteiger charge is 2.22. The molecule has 0 aliphatic carbocycles. The number of esters is 1. The number of pyridine rings is 1. The zero-order valence-electron chi connectivity index (χ0n) is 16.0. The molecular formula is C19H29Cl2FN2O3. The largest absolute Gasteiger partial charge is 0.463 e. The van der Waals surface area contributed by atoms with Crippen LogP contribution >= 0.6 is 23.2 Å². The first kappa shape index (κ1) is 23.8. The molecule has 1 aromatic heterocycles. The molecular weight excluding hydrogens is 394 g/mol. The maximum atomic E-state index is 13.5. The number of carbonyl (C=O) groups is 1. The van der Waals surface area contributed by atoms with Gasteiger partial charge in [-0.25, -0.2) is 4.79 Å². The molecule has 0 spiro atoms. The molecule has 0 unspecified atom stereocenters. The number of rotatable bonds is 13. The van der Waals surface area contributed by atoms with E-state index in [2.05, 4.69) is 11.9 Å². The topological polar surface area (TPSA) is 74.4 Å². The van der Waals surface area contributed by atoms with Crippen LogP contribution in [0.15, 0.2) is 0 Å². The minimum atomic E-state index is -1.01. The van der Waals surface area contributed by atoms with E-state index in [-0.39, 0.29) is 21.6 Å². The minimum absolute atomic E-state index is 0.139. The Labute approximate surface area is 170 Å². The molecule has 0 aliphatic heterocycles. The number of hydrogen-bond acceptors (Lipinski definition) is 5. The van der Waals surface area contributed by atoms with E-state index in [1.165, 1.54) is 45.4 Å². The molecule has 0 saturated heterocycles. The van der Waals surface area contributed by atoms with E-state index in [1.54, 1.807) is 0 Å². The number of nitrogens with two attached hydrogens (primary N) is 1. The van der Waals surface area contributed by atoms with Gasteiger partial charge >= 0.3 is 5.97 Å². The second-order valence-electron chi connectivity index (χ2n) is 6.51. The van der Waals surface area contributed by atoms with Gasteiger partial charge in [-0.15, -0.1) is 0 Å². The van der Waals surface area contributed by atoms with Crippen molar-refractivity contribution in [2.75, 3.05) is 12.3 Å². The van der Waals surface area contributed by atoms with Crippen molar-refractivity contribution in [1.82, 2.24) is 4.98 Å². The molecule has 0 fully saturated rings. The van der Waals surface area contributed by atoms with Crippen molar-refractivity contribution in [1.29, 1.82) is 0 Å². The molecule has 8 heteroatoms. The summed E-state index contributed by atoms with van der Waals surface area (Å²) in [7, 11) is 0. The quantitative estimate of drug-likeness (QED) is 0.241. The molecule has 27 heavy (non-hydrogen) atoms. The summed E-state index contributed by atoms with van der Waals surface area (Å²) in [6.45, 7) is 4.00. The molecule has 1 heterocycles. The lowest BCUT2D eigenvalue weighted by molar-refractivity contribution is -0.151. The summed E-state index contributed by atoms with van der Waals surface area (Å²) in [5, 5.41) is -0.520. The fourth-order valence-corrected chi connectivity index (χ4v) is 2.87. The van der Waals surface area contributed by atoms with Crippen LogP contribution in [0.4, 0.5) is 10.1 Å². The third kappa shape index (κ3) is 8.52. The number of nitrogens with zero attached hydrogens (tertiary/aromatic N) is 1. The molecule has 5 nitrogen and oxygen atoms in total. The molecule has 0 saturated carbocycles. The summed E-state index contributed by atoms with van der Waals surface area (Å²) >= 11 is 11.5. The van der Waals surface area contributed by atoms with Gasteiger partial charge in [0.15, 0.2) is 6.10 Å². The van der Waals surface area contributed by atoms with E-state index in [9.17, 15) is 9.18 Å². The molecule has 1 aromatic rings. The van der Waals surface area contributed by atoms with Crippen LogP contribution in [0.2, 0.25) is 10.0 Å². The van der Waals surface area contributed by atoms with Gasteiger partial charge in [-0.1, -0.05) is 81.5 Å². The summed E-state index contributed by atoms with van der Waals surface area (Å²) < 4.78 is 24.0. The number of nitrogen functional groups attached to an aromatic ring is 1. The SMILES string of the molecule is CCCCCCCCCCCOC(=O)[C@@H](C)Oc1nc(F)c(Cl)c(N)c1Cl. The number of carbonyl (C=O) groups excluding carboxylic acids is 1. The van der Waals surface area contributed by atoms with Crippen molar-refractivity contribution in [3.05, 3.63) is 16.0 Å². The third-order valence-corrected chi connectivity index (χ3v) is 4.88. The molecule has 154 valence electrons. The second-order valence-corrected chi connectivity index (χ2v) is 7.26. The van der Waals surface area contributed by atoms with E-state index < -0.39 is 18.0 Å². The first-order valence-electron chi connectivity index (χ1n) is 9.51. The van der Waals surface area contributed by atoms with Crippen molar-refractivity contribution < 1.29 is 18.7 Å². The number of aromatic nitrogens is 1. The van der Waals surface area contributed by atoms with E-state index >= 15 is 0 Å². The minimum Gasteiger partial charge on any atom is -0.463 e. The van der Waals surface area contributed by atoms with E-state index in [0.29, 0.717) is 6.61 Å². The zero-order chi connectivity index (χ0) is 20.2. The molecule has 0 aliphatic rings. The standard InChI is InChI=1S/C19H29Cl2FN2O3/c1-3-4-5-6-7-8-9-10-11-12-26-19(25)13(2)27-18-15(21)16(23)14(20)17(22)24-18/h13H,3-12H2,1-2H3,(H2,23,24)/t13-/m1/s1. The monoisotopic (exact) mass is 422 g/mol. The van der Waals surface area contributed by atoms with Gasteiger partial charge in [0.25, 0.3) is 0 Å². The van der Waals surface area contributed by atoms with Gasteiger partial charge in [-0.05, 0) is 13.3 Å². The first-order chi connectivity index (χ1) is 12.9. The van der Waals surface area contributed by atoms with Gasteiger partial charge < -0.3 is 15.2 Å². The lowest BCUT2D eigenvalue weighted by Gasteiger charge is -2.15. The highest BCUT2D eigenvalue weighted by atomic mass is 35.5. The van der Waals surface area contributed by atoms with Crippen LogP contribution in [0, 0.1) is 5.95 Å². The highest BCUT2D eigenvalue weighted by molar-refractivity contribution is 6.39. The zero-order valence-corrected chi connectivity index (χ0v) is 17.5. The highest BCUT2D eigenvalue weighted by Crippen LogP contribution is 2.35. The van der Waals surface area contributed by atoms with Crippen LogP contribution < -0.4 is 10.5 Å². The summed E-state index contributed by atoms with van der Waals surface area (Å²) in [6, 6.07) is 0. The predicted molar refractivity (Wildman–Crippen MR) is 107 cm³/mol. The second kappa shape index (κ2) is 13.0. The summed E-state index contributed by atoms with van der Waals surface area (Å²) in [5.41, 5.74) is 5.38. The van der Waals surface area contributed by atoms with Crippen LogP contribution in [0.3, 0.4) is 0 Å². The Bertz CT molecular complexity index is 603. The van der Waals surface area contributed by atoms with Crippen LogP contribution in [0.25, 0.3) is 0 Å². The molecule has 0 amide bonds. The smallest absolute Gasteiger partial charge is 0.347 e. The van der Waals surface area contributed by atoms with Crippen molar-refractivity contribution in [2.24, 2.45) is 0 Å². The Kier molecular flexibility index (Phi) is 11.4. The van der Waals surface area contributed by atoms with Crippen molar-refractivity contribution in [2.45, 2.75) is 77.7 Å². The lowest BCUT2D eigenvalue weighted by Crippen LogP contribution is -2.27. The molecule has 1 rings (SSSR count). The number of hydrogen-bond donors (Lipinski definition) is 1. The van der Waals surface area contributed by atoms with Crippen LogP contribution in [-0.2, 0) is 9.53 Å². The van der Waals surface area contributed by atoms with Gasteiger partial charge in [0.1, 0.15) is 10.0 Å². The van der Waals surface area contributed by atoms with E-state index in [1.807, 2.05) is 0 Å². The predicted octanol–water partition coefficient (Wildman–Crippen LogP) is 5.95. The van der Waals surface area contributed by atoms with Crippen LogP contribution in [0.1, 0.15) is 71.6 Å². The van der Waals surface area contributed by atoms with Gasteiger partial charge in [-0.2, -0.15) is 9.37 Å². The average molecular weight is 423 g/mol. The molecule has 2 N–H and O–H groups in total. The Morgan fingerprint density at radius 1 is 1.07 bits per heavy atom. The Hall–Kier alpha value is -1.27. The fraction of sp³-hybridized carbons (Fsp3) is 0.684. The number of unbranched alkanes of at least 4 members (excludes halogenated alkanes) is 8. The molecule has 1 atom stereocenters. The van der Waals surface area contributed by atoms with Crippen molar-refractivity contribution in [3.8, 4) is 5.88 Å². The van der Waals surface area contributed by atoms with Gasteiger partial charge in [0.2, 0.25) is 11.8 Å². The molecule has 0 aromatic carbocycles. The van der Waals surface area contributed by atoms with Gasteiger partial charge in [0.05, 0.1) is 12.3 Å². The van der Waals surface area contributed by atoms with Gasteiger partial charge in [0, 0.05) is 0 Å². The maximum Gasteiger partial charge on any atom is 0.347 e. The normalized spacial score (nSPS) is 12.0. The Balaban J connectivity index is 2.24. The Morgan fingerprint density at radius 2 is 1.63 bits per heavy atom. The van der Waals surface area contributed by atoms with Crippen LogP contribution in [-0.4, -0.2) is 23.7 Å². The number of halogens is 3. The average Bonchev–Trinajstić information content (AvgIpc) is 2.65. The summed E-state index contributed by atoms with van der Waals surface area (Å²) in [4.78, 5) is 15.4. The van der Waals surface area contributed by atoms with E-state index in [4.69, 9.17) is 38.4 Å². The number of ether oxygens (including phenoxy) is 2. The molecule has 0 bridgehead atoms. The fourth-order valence-electron chi connectivity index (χ4n) is 2.51. The lowest BCUT2D eigenvalue weighted by atomic mass is 10.1. The third-order valence-electron chi connectivity index (χ3n) is 4.15. The van der Waals surface area contributed by atoms with Crippen molar-refractivity contribution in [3.63, 3.8) is 0 Å². The van der Waals surface area contributed by atoms with Crippen molar-refractivity contribution >= 4 is 34.9 Å². The maximum absolute atomic E-state index is 13.5. The number of anilines is 1. The van der Waals surface area contributed by atoms with E-state index in [0.717, 1.165) is 19.3 Å². The first-order valence-corrected chi connectivity index (χ1v) is 10.3. The van der Waals surface area contributed by atoms with Gasteiger partial charge in [-0.3, -0.25) is 0 Å². The Morgan fingerprint density at radius 3 is 2.22 bits per heavy atom. The summed E-state index contributed by atoms with van der Waals surface area (Å²) in [5.74, 6) is -1.87.